The zero-order valence-corrected chi connectivity index (χ0v) is 17.9. The molecule has 4 rings (SSSR count). The van der Waals surface area contributed by atoms with Gasteiger partial charge in [0.15, 0.2) is 17.0 Å². The highest BCUT2D eigenvalue weighted by molar-refractivity contribution is 7.15. The molecule has 0 saturated carbocycles. The third-order valence-electron chi connectivity index (χ3n) is 4.64. The summed E-state index contributed by atoms with van der Waals surface area (Å²) in [6.07, 6.45) is -2.47. The van der Waals surface area contributed by atoms with Crippen LogP contribution < -0.4 is 5.32 Å². The molecule has 162 valence electrons. The Labute approximate surface area is 183 Å². The molecule has 0 aliphatic rings. The molecular weight excluding hydrogens is 453 g/mol. The van der Waals surface area contributed by atoms with Crippen LogP contribution in [-0.2, 0) is 26.2 Å². The Morgan fingerprint density at radius 3 is 2.68 bits per heavy atom. The lowest BCUT2D eigenvalue weighted by Crippen LogP contribution is -2.25. The zero-order chi connectivity index (χ0) is 22.3. The second-order valence-corrected chi connectivity index (χ2v) is 8.26. The first-order valence-electron chi connectivity index (χ1n) is 9.19. The minimum Gasteiger partial charge on any atom is -0.345 e. The minimum absolute atomic E-state index is 0.0435. The molecule has 12 heteroatoms. The lowest BCUT2D eigenvalue weighted by atomic mass is 10.2. The van der Waals surface area contributed by atoms with Crippen molar-refractivity contribution in [1.29, 1.82) is 0 Å². The van der Waals surface area contributed by atoms with Gasteiger partial charge in [-0.2, -0.15) is 23.4 Å². The number of aromatic nitrogens is 5. The summed E-state index contributed by atoms with van der Waals surface area (Å²) in [5.41, 5.74) is -0.529. The van der Waals surface area contributed by atoms with E-state index in [1.54, 1.807) is 13.1 Å². The van der Waals surface area contributed by atoms with Gasteiger partial charge in [-0.25, -0.2) is 9.50 Å². The number of hydrogen-bond acceptors (Lipinski definition) is 5. The van der Waals surface area contributed by atoms with Gasteiger partial charge >= 0.3 is 6.18 Å². The Balaban J connectivity index is 1.70. The molecule has 7 nitrogen and oxygen atoms in total. The number of amides is 1. The topological polar surface area (TPSA) is 77.1 Å². The van der Waals surface area contributed by atoms with Crippen LogP contribution in [0, 0.1) is 0 Å². The van der Waals surface area contributed by atoms with Gasteiger partial charge < -0.3 is 5.32 Å². The van der Waals surface area contributed by atoms with Crippen molar-refractivity contribution in [1.82, 2.24) is 29.7 Å². The minimum atomic E-state index is -4.68. The molecule has 1 N–H and O–H groups in total. The highest BCUT2D eigenvalue weighted by Crippen LogP contribution is 2.34. The number of carbonyl (C=O) groups excluding carboxylic acids is 1. The van der Waals surface area contributed by atoms with Gasteiger partial charge in [-0.05, 0) is 24.6 Å². The molecular formula is C19H16ClF3N6OS. The van der Waals surface area contributed by atoms with E-state index in [0.29, 0.717) is 20.1 Å². The summed E-state index contributed by atoms with van der Waals surface area (Å²) in [5, 5.41) is 10.8. The number of hydrogen-bond donors (Lipinski definition) is 1. The number of halogens is 4. The maximum absolute atomic E-state index is 13.7. The predicted octanol–water partition coefficient (Wildman–Crippen LogP) is 4.36. The van der Waals surface area contributed by atoms with Crippen LogP contribution >= 0.6 is 22.9 Å². The molecule has 4 heterocycles. The maximum Gasteiger partial charge on any atom is 0.433 e. The highest BCUT2D eigenvalue weighted by Gasteiger charge is 2.35. The van der Waals surface area contributed by atoms with Gasteiger partial charge in [0, 0.05) is 18.0 Å². The fourth-order valence-corrected chi connectivity index (χ4v) is 4.15. The average molecular weight is 469 g/mol. The molecule has 0 bridgehead atoms. The number of nitrogens with zero attached hydrogens (tertiary/aromatic N) is 5. The molecule has 0 radical (unpaired) electrons. The van der Waals surface area contributed by atoms with Crippen molar-refractivity contribution in [2.45, 2.75) is 26.1 Å². The van der Waals surface area contributed by atoms with Gasteiger partial charge in [0.05, 0.1) is 34.0 Å². The van der Waals surface area contributed by atoms with Gasteiger partial charge in [-0.3, -0.25) is 9.48 Å². The standard InChI is InChI=1S/C19H16ClF3N6OS/c1-3-10-4-5-15(31-10)12-6-16(19(21,22)23)29-17(26-12)7-13(27-29)18(30)24-9-14-11(20)8-25-28(14)2/h4-8H,3,9H2,1-2H3,(H,24,30). The van der Waals surface area contributed by atoms with Gasteiger partial charge in [0.2, 0.25) is 0 Å². The van der Waals surface area contributed by atoms with Crippen molar-refractivity contribution in [2.24, 2.45) is 7.05 Å². The Bertz CT molecular complexity index is 1260. The maximum atomic E-state index is 13.7. The van der Waals surface area contributed by atoms with Crippen LogP contribution in [0.1, 0.15) is 33.7 Å². The summed E-state index contributed by atoms with van der Waals surface area (Å²) in [6, 6.07) is 5.78. The fraction of sp³-hybridized carbons (Fsp3) is 0.263. The van der Waals surface area contributed by atoms with Crippen LogP contribution in [0.5, 0.6) is 0 Å². The first-order chi connectivity index (χ1) is 14.7. The van der Waals surface area contributed by atoms with Crippen molar-refractivity contribution < 1.29 is 18.0 Å². The molecule has 0 fully saturated rings. The molecule has 0 aromatic carbocycles. The molecule has 0 unspecified atom stereocenters. The van der Waals surface area contributed by atoms with Gasteiger partial charge in [0.1, 0.15) is 0 Å². The van der Waals surface area contributed by atoms with Crippen molar-refractivity contribution in [3.63, 3.8) is 0 Å². The summed E-state index contributed by atoms with van der Waals surface area (Å²) in [5.74, 6) is -0.651. The van der Waals surface area contributed by atoms with Crippen LogP contribution in [0.15, 0.2) is 30.5 Å². The van der Waals surface area contributed by atoms with E-state index >= 15 is 0 Å². The lowest BCUT2D eigenvalue weighted by molar-refractivity contribution is -0.142. The highest BCUT2D eigenvalue weighted by atomic mass is 35.5. The van der Waals surface area contributed by atoms with E-state index in [4.69, 9.17) is 11.6 Å². The lowest BCUT2D eigenvalue weighted by Gasteiger charge is -2.10. The summed E-state index contributed by atoms with van der Waals surface area (Å²) < 4.78 is 43.3. The van der Waals surface area contributed by atoms with Crippen molar-refractivity contribution in [3.8, 4) is 10.6 Å². The molecule has 4 aromatic rings. The quantitative estimate of drug-likeness (QED) is 0.472. The molecule has 0 saturated heterocycles. The normalized spacial score (nSPS) is 11.9. The van der Waals surface area contributed by atoms with Crippen molar-refractivity contribution in [3.05, 3.63) is 57.4 Å². The van der Waals surface area contributed by atoms with Gasteiger partial charge in [-0.15, -0.1) is 11.3 Å². The SMILES string of the molecule is CCc1ccc(-c2cc(C(F)(F)F)n3nc(C(=O)NCc4c(Cl)cnn4C)cc3n2)s1. The number of rotatable bonds is 5. The van der Waals surface area contributed by atoms with E-state index in [2.05, 4.69) is 20.5 Å². The third-order valence-corrected chi connectivity index (χ3v) is 6.21. The Morgan fingerprint density at radius 2 is 2.06 bits per heavy atom. The average Bonchev–Trinajstić information content (AvgIpc) is 3.43. The van der Waals surface area contributed by atoms with Crippen LogP contribution in [-0.4, -0.2) is 30.3 Å². The monoisotopic (exact) mass is 468 g/mol. The van der Waals surface area contributed by atoms with E-state index in [1.165, 1.54) is 28.3 Å². The predicted molar refractivity (Wildman–Crippen MR) is 110 cm³/mol. The first-order valence-corrected chi connectivity index (χ1v) is 10.4. The second-order valence-electron chi connectivity index (χ2n) is 6.69. The number of fused-ring (bicyclic) bond motifs is 1. The Morgan fingerprint density at radius 1 is 1.29 bits per heavy atom. The molecule has 0 spiro atoms. The van der Waals surface area contributed by atoms with Crippen LogP contribution in [0.2, 0.25) is 5.02 Å². The first kappa shape index (κ1) is 21.3. The fourth-order valence-electron chi connectivity index (χ4n) is 3.01. The number of carbonyl (C=O) groups is 1. The Kier molecular flexibility index (Phi) is 5.48. The number of aryl methyl sites for hydroxylation is 2. The zero-order valence-electron chi connectivity index (χ0n) is 16.4. The molecule has 4 aromatic heterocycles. The number of nitrogens with one attached hydrogen (secondary N) is 1. The van der Waals surface area contributed by atoms with E-state index in [1.807, 2.05) is 13.0 Å². The van der Waals surface area contributed by atoms with E-state index in [9.17, 15) is 18.0 Å². The largest absolute Gasteiger partial charge is 0.433 e. The molecule has 1 amide bonds. The second kappa shape index (κ2) is 7.97. The van der Waals surface area contributed by atoms with Crippen LogP contribution in [0.3, 0.4) is 0 Å². The Hall–Kier alpha value is -2.92. The summed E-state index contributed by atoms with van der Waals surface area (Å²) in [7, 11) is 1.66. The van der Waals surface area contributed by atoms with Gasteiger partial charge in [-0.1, -0.05) is 18.5 Å². The van der Waals surface area contributed by atoms with E-state index in [-0.39, 0.29) is 23.6 Å². The van der Waals surface area contributed by atoms with Crippen LogP contribution in [0.4, 0.5) is 13.2 Å². The summed E-state index contributed by atoms with van der Waals surface area (Å²) in [6.45, 7) is 2.01. The summed E-state index contributed by atoms with van der Waals surface area (Å²) >= 11 is 7.39. The van der Waals surface area contributed by atoms with Crippen molar-refractivity contribution >= 4 is 34.5 Å². The molecule has 0 atom stereocenters. The molecule has 31 heavy (non-hydrogen) atoms. The molecule has 0 aliphatic carbocycles. The smallest absolute Gasteiger partial charge is 0.345 e. The van der Waals surface area contributed by atoms with Crippen molar-refractivity contribution in [2.75, 3.05) is 0 Å². The molecule has 0 aliphatic heterocycles. The third kappa shape index (κ3) is 4.15. The van der Waals surface area contributed by atoms with Gasteiger partial charge in [0.25, 0.3) is 5.91 Å². The van der Waals surface area contributed by atoms with E-state index in [0.717, 1.165) is 17.4 Å². The van der Waals surface area contributed by atoms with E-state index < -0.39 is 17.8 Å². The van der Waals surface area contributed by atoms with Crippen LogP contribution in [0.25, 0.3) is 16.2 Å². The summed E-state index contributed by atoms with van der Waals surface area (Å²) in [4.78, 5) is 18.5. The number of alkyl halides is 3. The number of thiophene rings is 1.